The number of nitrogens with zero attached hydrogens (tertiary/aromatic N) is 1. The largest absolute Gasteiger partial charge is 0.381 e. The Hall–Kier alpha value is -2.11. The Kier molecular flexibility index (Phi) is 6.25. The minimum absolute atomic E-state index is 0.123. The van der Waals surface area contributed by atoms with Crippen molar-refractivity contribution in [3.8, 4) is 0 Å². The Labute approximate surface area is 152 Å². The van der Waals surface area contributed by atoms with Gasteiger partial charge in [0.2, 0.25) is 0 Å². The molecule has 0 bridgehead atoms. The van der Waals surface area contributed by atoms with Gasteiger partial charge in [0.15, 0.2) is 0 Å². The fourth-order valence-corrected chi connectivity index (χ4v) is 2.90. The summed E-state index contributed by atoms with van der Waals surface area (Å²) in [6.07, 6.45) is 6.49. The van der Waals surface area contributed by atoms with Crippen LogP contribution in [0.3, 0.4) is 0 Å². The molecule has 5 nitrogen and oxygen atoms in total. The summed E-state index contributed by atoms with van der Waals surface area (Å²) >= 11 is 5.87. The monoisotopic (exact) mass is 359 g/mol. The number of amides is 1. The van der Waals surface area contributed by atoms with Crippen molar-refractivity contribution in [1.29, 1.82) is 0 Å². The highest BCUT2D eigenvalue weighted by atomic mass is 35.5. The summed E-state index contributed by atoms with van der Waals surface area (Å²) in [6, 6.07) is 9.45. The summed E-state index contributed by atoms with van der Waals surface area (Å²) < 4.78 is 5.58. The highest BCUT2D eigenvalue weighted by Gasteiger charge is 2.15. The van der Waals surface area contributed by atoms with E-state index in [4.69, 9.17) is 16.3 Å². The summed E-state index contributed by atoms with van der Waals surface area (Å²) in [5.41, 5.74) is 2.52. The van der Waals surface area contributed by atoms with E-state index in [1.807, 2.05) is 30.3 Å². The van der Waals surface area contributed by atoms with E-state index in [2.05, 4.69) is 15.6 Å². The number of hydrogen-bond donors (Lipinski definition) is 2. The van der Waals surface area contributed by atoms with E-state index in [9.17, 15) is 4.79 Å². The first-order valence-corrected chi connectivity index (χ1v) is 8.92. The minimum atomic E-state index is -0.123. The summed E-state index contributed by atoms with van der Waals surface area (Å²) in [7, 11) is 0. The fraction of sp³-hybridized carbons (Fsp3) is 0.368. The van der Waals surface area contributed by atoms with Crippen LogP contribution in [0, 0.1) is 0 Å². The molecule has 1 amide bonds. The number of hydrogen-bond acceptors (Lipinski definition) is 4. The van der Waals surface area contributed by atoms with Gasteiger partial charge >= 0.3 is 0 Å². The number of aromatic nitrogens is 1. The first-order chi connectivity index (χ1) is 12.2. The van der Waals surface area contributed by atoms with Gasteiger partial charge in [0.05, 0.1) is 17.4 Å². The highest BCUT2D eigenvalue weighted by molar-refractivity contribution is 6.30. The number of anilines is 1. The second-order valence-electron chi connectivity index (χ2n) is 6.11. The predicted molar refractivity (Wildman–Crippen MR) is 99.2 cm³/mol. The molecule has 1 fully saturated rings. The van der Waals surface area contributed by atoms with Gasteiger partial charge < -0.3 is 15.4 Å². The smallest absolute Gasteiger partial charge is 0.252 e. The molecule has 0 spiro atoms. The maximum Gasteiger partial charge on any atom is 0.252 e. The second-order valence-corrected chi connectivity index (χ2v) is 6.55. The molecule has 0 saturated carbocycles. The normalized spacial score (nSPS) is 16.6. The Morgan fingerprint density at radius 3 is 2.88 bits per heavy atom. The van der Waals surface area contributed by atoms with Crippen LogP contribution in [0.4, 0.5) is 5.69 Å². The van der Waals surface area contributed by atoms with Gasteiger partial charge in [-0.1, -0.05) is 23.7 Å². The summed E-state index contributed by atoms with van der Waals surface area (Å²) in [5.74, 6) is -0.123. The lowest BCUT2D eigenvalue weighted by Gasteiger charge is -2.12. The molecule has 1 aliphatic rings. The quantitative estimate of drug-likeness (QED) is 0.796. The van der Waals surface area contributed by atoms with Crippen LogP contribution in [0.5, 0.6) is 0 Å². The minimum Gasteiger partial charge on any atom is -0.381 e. The number of carbonyl (C=O) groups excluding carboxylic acids is 1. The number of carbonyl (C=O) groups is 1. The van der Waals surface area contributed by atoms with Crippen LogP contribution in [0.1, 0.15) is 28.8 Å². The van der Waals surface area contributed by atoms with Crippen molar-refractivity contribution in [1.82, 2.24) is 10.3 Å². The zero-order valence-electron chi connectivity index (χ0n) is 14.0. The van der Waals surface area contributed by atoms with E-state index in [0.29, 0.717) is 17.1 Å². The molecule has 2 N–H and O–H groups in total. The lowest BCUT2D eigenvalue weighted by atomic mass is 10.1. The van der Waals surface area contributed by atoms with Crippen LogP contribution >= 0.6 is 11.6 Å². The van der Waals surface area contributed by atoms with Crippen molar-refractivity contribution in [2.24, 2.45) is 0 Å². The zero-order valence-corrected chi connectivity index (χ0v) is 14.8. The van der Waals surface area contributed by atoms with Gasteiger partial charge in [-0.2, -0.15) is 0 Å². The number of nitrogens with one attached hydrogen (secondary N) is 2. The lowest BCUT2D eigenvalue weighted by Crippen LogP contribution is -2.26. The Balaban J connectivity index is 1.47. The number of benzene rings is 1. The Bertz CT molecular complexity index is 700. The van der Waals surface area contributed by atoms with E-state index in [1.165, 1.54) is 0 Å². The summed E-state index contributed by atoms with van der Waals surface area (Å²) in [6.45, 7) is 2.14. The van der Waals surface area contributed by atoms with Crippen LogP contribution in [0.25, 0.3) is 0 Å². The molecule has 2 aromatic rings. The van der Waals surface area contributed by atoms with E-state index < -0.39 is 0 Å². The van der Waals surface area contributed by atoms with Gasteiger partial charge in [0.1, 0.15) is 0 Å². The standard InChI is InChI=1S/C19H22ClN3O2/c20-16-5-3-14(4-6-16)7-8-22-19(24)15-10-17(12-21-11-15)23-13-18-2-1-9-25-18/h3-6,10-12,18,23H,1-2,7-9,13H2,(H,22,24). The Morgan fingerprint density at radius 2 is 2.12 bits per heavy atom. The zero-order chi connectivity index (χ0) is 17.5. The van der Waals surface area contributed by atoms with Crippen LogP contribution in [-0.4, -0.2) is 36.7 Å². The molecule has 3 rings (SSSR count). The molecule has 1 aromatic carbocycles. The van der Waals surface area contributed by atoms with Crippen molar-refractivity contribution in [2.75, 3.05) is 25.0 Å². The third-order valence-corrected chi connectivity index (χ3v) is 4.42. The molecular weight excluding hydrogens is 338 g/mol. The molecule has 1 unspecified atom stereocenters. The first-order valence-electron chi connectivity index (χ1n) is 8.54. The molecule has 0 radical (unpaired) electrons. The van der Waals surface area contributed by atoms with E-state index in [1.54, 1.807) is 12.4 Å². The van der Waals surface area contributed by atoms with Crippen LogP contribution in [-0.2, 0) is 11.2 Å². The third-order valence-electron chi connectivity index (χ3n) is 4.17. The average Bonchev–Trinajstić information content (AvgIpc) is 3.15. The Morgan fingerprint density at radius 1 is 1.28 bits per heavy atom. The molecule has 1 atom stereocenters. The number of rotatable bonds is 7. The van der Waals surface area contributed by atoms with Crippen molar-refractivity contribution in [2.45, 2.75) is 25.4 Å². The molecule has 2 heterocycles. The molecular formula is C19H22ClN3O2. The van der Waals surface area contributed by atoms with Crippen molar-refractivity contribution < 1.29 is 9.53 Å². The van der Waals surface area contributed by atoms with E-state index in [-0.39, 0.29) is 12.0 Å². The highest BCUT2D eigenvalue weighted by Crippen LogP contribution is 2.14. The molecule has 6 heteroatoms. The van der Waals surface area contributed by atoms with Crippen molar-refractivity contribution in [3.05, 3.63) is 58.9 Å². The second kappa shape index (κ2) is 8.83. The fourth-order valence-electron chi connectivity index (χ4n) is 2.77. The summed E-state index contributed by atoms with van der Waals surface area (Å²) in [5, 5.41) is 6.93. The van der Waals surface area contributed by atoms with E-state index in [0.717, 1.165) is 43.7 Å². The van der Waals surface area contributed by atoms with Crippen molar-refractivity contribution in [3.63, 3.8) is 0 Å². The van der Waals surface area contributed by atoms with Gasteiger partial charge in [0, 0.05) is 37.1 Å². The molecule has 25 heavy (non-hydrogen) atoms. The summed E-state index contributed by atoms with van der Waals surface area (Å²) in [4.78, 5) is 16.4. The van der Waals surface area contributed by atoms with Gasteiger partial charge in [-0.3, -0.25) is 9.78 Å². The molecule has 1 saturated heterocycles. The number of halogens is 1. The van der Waals surface area contributed by atoms with Gasteiger partial charge in [-0.05, 0) is 43.0 Å². The van der Waals surface area contributed by atoms with Crippen LogP contribution in [0.2, 0.25) is 5.02 Å². The van der Waals surface area contributed by atoms with Crippen LogP contribution in [0.15, 0.2) is 42.7 Å². The van der Waals surface area contributed by atoms with Gasteiger partial charge in [-0.15, -0.1) is 0 Å². The molecule has 132 valence electrons. The van der Waals surface area contributed by atoms with Crippen molar-refractivity contribution >= 4 is 23.2 Å². The van der Waals surface area contributed by atoms with Crippen LogP contribution < -0.4 is 10.6 Å². The lowest BCUT2D eigenvalue weighted by molar-refractivity contribution is 0.0954. The number of pyridine rings is 1. The number of ether oxygens (including phenoxy) is 1. The van der Waals surface area contributed by atoms with Gasteiger partial charge in [-0.25, -0.2) is 0 Å². The predicted octanol–water partition coefficient (Wildman–Crippen LogP) is 3.30. The SMILES string of the molecule is O=C(NCCc1ccc(Cl)cc1)c1cncc(NCC2CCCO2)c1. The average molecular weight is 360 g/mol. The maximum atomic E-state index is 12.3. The molecule has 0 aliphatic carbocycles. The van der Waals surface area contributed by atoms with E-state index >= 15 is 0 Å². The topological polar surface area (TPSA) is 63.2 Å². The molecule has 1 aromatic heterocycles. The maximum absolute atomic E-state index is 12.3. The van der Waals surface area contributed by atoms with Gasteiger partial charge in [0.25, 0.3) is 5.91 Å². The molecule has 1 aliphatic heterocycles. The first kappa shape index (κ1) is 17.7. The third kappa shape index (κ3) is 5.44.